The first-order valence-corrected chi connectivity index (χ1v) is 7.94. The molecule has 22 heavy (non-hydrogen) atoms. The van der Waals surface area contributed by atoms with Crippen LogP contribution in [0.5, 0.6) is 0 Å². The van der Waals surface area contributed by atoms with E-state index in [9.17, 15) is 9.59 Å². The maximum absolute atomic E-state index is 11.7. The van der Waals surface area contributed by atoms with E-state index in [1.807, 2.05) is 5.38 Å². The van der Waals surface area contributed by atoms with Crippen LogP contribution >= 0.6 is 35.3 Å². The number of hydrogen-bond donors (Lipinski definition) is 2. The van der Waals surface area contributed by atoms with Gasteiger partial charge in [0.05, 0.1) is 0 Å². The summed E-state index contributed by atoms with van der Waals surface area (Å²) in [6.07, 6.45) is 1.61. The predicted molar refractivity (Wildman–Crippen MR) is 98.5 cm³/mol. The number of nitrogens with zero attached hydrogens (tertiary/aromatic N) is 2. The van der Waals surface area contributed by atoms with Gasteiger partial charge in [0.2, 0.25) is 11.8 Å². The lowest BCUT2D eigenvalue weighted by molar-refractivity contribution is -0.147. The van der Waals surface area contributed by atoms with Crippen LogP contribution in [0, 0.1) is 0 Å². The third kappa shape index (κ3) is 5.56. The van der Waals surface area contributed by atoms with Crippen LogP contribution < -0.4 is 10.6 Å². The lowest BCUT2D eigenvalue weighted by atomic mass is 10.1. The molecule has 2 rings (SSSR count). The number of thiophene rings is 1. The summed E-state index contributed by atoms with van der Waals surface area (Å²) in [4.78, 5) is 28.8. The fourth-order valence-corrected chi connectivity index (χ4v) is 2.80. The summed E-state index contributed by atoms with van der Waals surface area (Å²) in [6, 6.07) is 2.05. The first-order valence-electron chi connectivity index (χ1n) is 6.99. The van der Waals surface area contributed by atoms with Crippen LogP contribution in [0.3, 0.4) is 0 Å². The Kier molecular flexibility index (Phi) is 8.39. The number of aliphatic imine (C=N–C) groups is 1. The van der Waals surface area contributed by atoms with E-state index in [0.29, 0.717) is 44.9 Å². The van der Waals surface area contributed by atoms with Gasteiger partial charge in [0.1, 0.15) is 0 Å². The molecule has 1 aliphatic rings. The third-order valence-electron chi connectivity index (χ3n) is 3.27. The summed E-state index contributed by atoms with van der Waals surface area (Å²) < 4.78 is 0. The number of hydrogen-bond acceptors (Lipinski definition) is 4. The van der Waals surface area contributed by atoms with Gasteiger partial charge in [0, 0.05) is 39.5 Å². The quantitative estimate of drug-likeness (QED) is 0.318. The van der Waals surface area contributed by atoms with E-state index in [2.05, 4.69) is 27.1 Å². The Morgan fingerprint density at radius 2 is 2.05 bits per heavy atom. The molecule has 1 aliphatic heterocycles. The topological polar surface area (TPSA) is 73.8 Å². The van der Waals surface area contributed by atoms with E-state index in [-0.39, 0.29) is 35.8 Å². The van der Waals surface area contributed by atoms with Crippen LogP contribution in [0.15, 0.2) is 21.8 Å². The molecule has 2 N–H and O–H groups in total. The molecule has 1 saturated heterocycles. The summed E-state index contributed by atoms with van der Waals surface area (Å²) in [5.41, 5.74) is 1.20. The average Bonchev–Trinajstić information content (AvgIpc) is 2.98. The molecule has 0 aromatic carbocycles. The highest BCUT2D eigenvalue weighted by Crippen LogP contribution is 2.11. The molecule has 0 atom stereocenters. The first kappa shape index (κ1) is 18.9. The lowest BCUT2D eigenvalue weighted by Gasteiger charge is -2.25. The molecule has 0 radical (unpaired) electrons. The van der Waals surface area contributed by atoms with Gasteiger partial charge < -0.3 is 10.6 Å². The van der Waals surface area contributed by atoms with Crippen LogP contribution in [0.1, 0.15) is 24.8 Å². The Balaban J connectivity index is 0.00000242. The second-order valence-electron chi connectivity index (χ2n) is 4.78. The number of likely N-dealkylation sites (tertiary alicyclic amines) is 1. The molecule has 0 spiro atoms. The van der Waals surface area contributed by atoms with Crippen molar-refractivity contribution in [1.82, 2.24) is 15.5 Å². The Morgan fingerprint density at radius 3 is 2.64 bits per heavy atom. The van der Waals surface area contributed by atoms with E-state index in [4.69, 9.17) is 0 Å². The summed E-state index contributed by atoms with van der Waals surface area (Å²) in [6.45, 7) is 1.59. The molecule has 6 nitrogen and oxygen atoms in total. The summed E-state index contributed by atoms with van der Waals surface area (Å²) in [5.74, 6) is 0.515. The molecule has 0 unspecified atom stereocenters. The molecular weight excluding hydrogens is 415 g/mol. The molecule has 0 bridgehead atoms. The monoisotopic (exact) mass is 436 g/mol. The fraction of sp³-hybridized carbons (Fsp3) is 0.500. The van der Waals surface area contributed by atoms with Crippen LogP contribution in [0.2, 0.25) is 0 Å². The van der Waals surface area contributed by atoms with Crippen LogP contribution in [0.4, 0.5) is 0 Å². The third-order valence-corrected chi connectivity index (χ3v) is 4.01. The van der Waals surface area contributed by atoms with E-state index >= 15 is 0 Å². The minimum absolute atomic E-state index is 0. The molecule has 8 heteroatoms. The summed E-state index contributed by atoms with van der Waals surface area (Å²) in [5, 5.41) is 10.4. The van der Waals surface area contributed by atoms with Crippen molar-refractivity contribution in [3.05, 3.63) is 22.4 Å². The Hall–Kier alpha value is -1.16. The minimum atomic E-state index is -0.0748. The van der Waals surface area contributed by atoms with E-state index in [1.54, 1.807) is 18.4 Å². The second kappa shape index (κ2) is 9.78. The zero-order valence-corrected chi connectivity index (χ0v) is 15.6. The van der Waals surface area contributed by atoms with Crippen molar-refractivity contribution in [1.29, 1.82) is 0 Å². The SMILES string of the molecule is CN=C(NCCN1C(=O)CCCC1=O)NCc1ccsc1.I. The van der Waals surface area contributed by atoms with Crippen LogP contribution in [0.25, 0.3) is 0 Å². The van der Waals surface area contributed by atoms with Gasteiger partial charge in [0.15, 0.2) is 5.96 Å². The minimum Gasteiger partial charge on any atom is -0.355 e. The highest BCUT2D eigenvalue weighted by molar-refractivity contribution is 14.0. The van der Waals surface area contributed by atoms with Crippen LogP contribution in [-0.2, 0) is 16.1 Å². The van der Waals surface area contributed by atoms with Gasteiger partial charge in [-0.25, -0.2) is 0 Å². The van der Waals surface area contributed by atoms with Gasteiger partial charge >= 0.3 is 0 Å². The second-order valence-corrected chi connectivity index (χ2v) is 5.56. The molecule has 0 aliphatic carbocycles. The van der Waals surface area contributed by atoms with Crippen molar-refractivity contribution < 1.29 is 9.59 Å². The van der Waals surface area contributed by atoms with Gasteiger partial charge in [-0.05, 0) is 28.8 Å². The molecule has 2 amide bonds. The number of piperidine rings is 1. The molecule has 1 fully saturated rings. The molecule has 122 valence electrons. The van der Waals surface area contributed by atoms with Crippen molar-refractivity contribution >= 4 is 53.1 Å². The highest BCUT2D eigenvalue weighted by atomic mass is 127. The van der Waals surface area contributed by atoms with Gasteiger partial charge in [-0.3, -0.25) is 19.5 Å². The highest BCUT2D eigenvalue weighted by Gasteiger charge is 2.25. The predicted octanol–water partition coefficient (Wildman–Crippen LogP) is 1.57. The standard InChI is InChI=1S/C14H20N4O2S.HI/c1-15-14(17-9-11-5-8-21-10-11)16-6-7-18-12(19)3-2-4-13(18)20;/h5,8,10H,2-4,6-7,9H2,1H3,(H2,15,16,17);1H. The lowest BCUT2D eigenvalue weighted by Crippen LogP contribution is -2.46. The zero-order chi connectivity index (χ0) is 15.1. The maximum Gasteiger partial charge on any atom is 0.229 e. The first-order chi connectivity index (χ1) is 10.2. The Morgan fingerprint density at radius 1 is 1.32 bits per heavy atom. The van der Waals surface area contributed by atoms with Gasteiger partial charge in [-0.15, -0.1) is 24.0 Å². The largest absolute Gasteiger partial charge is 0.355 e. The number of guanidine groups is 1. The van der Waals surface area contributed by atoms with Crippen molar-refractivity contribution in [3.63, 3.8) is 0 Å². The molecule has 1 aromatic rings. The normalized spacial score (nSPS) is 15.5. The molecule has 0 saturated carbocycles. The van der Waals surface area contributed by atoms with Gasteiger partial charge in [-0.1, -0.05) is 0 Å². The van der Waals surface area contributed by atoms with Crippen molar-refractivity contribution in [2.24, 2.45) is 4.99 Å². The average molecular weight is 436 g/mol. The maximum atomic E-state index is 11.7. The van der Waals surface area contributed by atoms with E-state index < -0.39 is 0 Å². The number of halogens is 1. The zero-order valence-electron chi connectivity index (χ0n) is 12.5. The van der Waals surface area contributed by atoms with Gasteiger partial charge in [-0.2, -0.15) is 11.3 Å². The van der Waals surface area contributed by atoms with Crippen molar-refractivity contribution in [2.45, 2.75) is 25.8 Å². The number of nitrogens with one attached hydrogen (secondary N) is 2. The van der Waals surface area contributed by atoms with E-state index in [0.717, 1.165) is 0 Å². The summed E-state index contributed by atoms with van der Waals surface area (Å²) >= 11 is 1.65. The number of imide groups is 1. The van der Waals surface area contributed by atoms with E-state index in [1.165, 1.54) is 10.5 Å². The Bertz CT molecular complexity index is 503. The number of amides is 2. The van der Waals surface area contributed by atoms with Crippen molar-refractivity contribution in [3.8, 4) is 0 Å². The summed E-state index contributed by atoms with van der Waals surface area (Å²) in [7, 11) is 1.69. The molecular formula is C14H21IN4O2S. The van der Waals surface area contributed by atoms with Gasteiger partial charge in [0.25, 0.3) is 0 Å². The molecule has 1 aromatic heterocycles. The van der Waals surface area contributed by atoms with Crippen molar-refractivity contribution in [2.75, 3.05) is 20.1 Å². The number of rotatable bonds is 5. The Labute approximate surface area is 151 Å². The van der Waals surface area contributed by atoms with Crippen LogP contribution in [-0.4, -0.2) is 42.8 Å². The smallest absolute Gasteiger partial charge is 0.229 e. The number of carbonyl (C=O) groups is 2. The molecule has 2 heterocycles. The fourth-order valence-electron chi connectivity index (χ4n) is 2.13. The number of carbonyl (C=O) groups excluding carboxylic acids is 2.